The minimum atomic E-state index is -0.789. The van der Waals surface area contributed by atoms with E-state index in [1.54, 1.807) is 4.90 Å². The molecular weight excluding hydrogens is 528 g/mol. The van der Waals surface area contributed by atoms with Crippen LogP contribution in [0.15, 0.2) is 0 Å². The number of hydrogen-bond acceptors (Lipinski definition) is 4. The van der Waals surface area contributed by atoms with Crippen LogP contribution in [0.1, 0.15) is 65.2 Å². The van der Waals surface area contributed by atoms with Crippen LogP contribution in [0.2, 0.25) is 0 Å². The predicted octanol–water partition coefficient (Wildman–Crippen LogP) is 3.59. The average Bonchev–Trinajstić information content (AvgIpc) is 3.59. The van der Waals surface area contributed by atoms with Crippen molar-refractivity contribution in [2.24, 2.45) is 29.6 Å². The molecule has 172 valence electrons. The van der Waals surface area contributed by atoms with Gasteiger partial charge in [0.15, 0.2) is 5.78 Å². The lowest BCUT2D eigenvalue weighted by atomic mass is 9.80. The molecule has 5 atom stereocenters. The van der Waals surface area contributed by atoms with Crippen molar-refractivity contribution in [3.8, 4) is 0 Å². The van der Waals surface area contributed by atoms with Crippen LogP contribution in [-0.4, -0.2) is 50.1 Å². The summed E-state index contributed by atoms with van der Waals surface area (Å²) in [6.07, 6.45) is 8.27. The van der Waals surface area contributed by atoms with Gasteiger partial charge in [-0.25, -0.2) is 0 Å². The number of halogens is 2. The smallest absolute Gasteiger partial charge is 0.243 e. The number of alkyl halides is 2. The van der Waals surface area contributed by atoms with E-state index in [0.29, 0.717) is 24.8 Å². The summed E-state index contributed by atoms with van der Waals surface area (Å²) in [4.78, 5) is 52.8. The third kappa shape index (κ3) is 4.66. The maximum Gasteiger partial charge on any atom is 0.243 e. The van der Waals surface area contributed by atoms with E-state index >= 15 is 0 Å². The first kappa shape index (κ1) is 23.4. The molecule has 8 heteroatoms. The molecule has 3 aliphatic carbocycles. The van der Waals surface area contributed by atoms with Gasteiger partial charge in [0.05, 0.1) is 9.28 Å². The van der Waals surface area contributed by atoms with Gasteiger partial charge in [-0.3, -0.25) is 19.2 Å². The van der Waals surface area contributed by atoms with Crippen LogP contribution in [0.25, 0.3) is 0 Å². The van der Waals surface area contributed by atoms with Crippen LogP contribution in [0.4, 0.5) is 0 Å². The summed E-state index contributed by atoms with van der Waals surface area (Å²) in [6, 6.07) is -1.41. The molecule has 31 heavy (non-hydrogen) atoms. The van der Waals surface area contributed by atoms with E-state index in [0.717, 1.165) is 25.7 Å². The number of hydrogen-bond donors (Lipinski definition) is 1. The van der Waals surface area contributed by atoms with E-state index in [-0.39, 0.29) is 32.8 Å². The van der Waals surface area contributed by atoms with Crippen molar-refractivity contribution < 1.29 is 19.2 Å². The van der Waals surface area contributed by atoms with Crippen LogP contribution >= 0.6 is 31.9 Å². The number of carbonyl (C=O) groups excluding carboxylic acids is 4. The maximum atomic E-state index is 13.4. The van der Waals surface area contributed by atoms with E-state index < -0.39 is 23.7 Å². The number of rotatable bonds is 8. The van der Waals surface area contributed by atoms with Crippen LogP contribution in [-0.2, 0) is 19.2 Å². The Balaban J connectivity index is 1.49. The molecule has 0 aromatic rings. The van der Waals surface area contributed by atoms with E-state index in [2.05, 4.69) is 37.2 Å². The Morgan fingerprint density at radius 1 is 1.06 bits per heavy atom. The van der Waals surface area contributed by atoms with Gasteiger partial charge >= 0.3 is 0 Å². The Kier molecular flexibility index (Phi) is 6.70. The first-order chi connectivity index (χ1) is 14.6. The van der Waals surface area contributed by atoms with Gasteiger partial charge in [0, 0.05) is 31.2 Å². The third-order valence-corrected chi connectivity index (χ3v) is 10.1. The summed E-state index contributed by atoms with van der Waals surface area (Å²) >= 11 is 7.35. The van der Waals surface area contributed by atoms with Gasteiger partial charge in [0.2, 0.25) is 17.6 Å². The van der Waals surface area contributed by atoms with E-state index in [9.17, 15) is 19.2 Å². The van der Waals surface area contributed by atoms with Crippen molar-refractivity contribution in [3.63, 3.8) is 0 Å². The molecule has 1 heterocycles. The quantitative estimate of drug-likeness (QED) is 0.364. The summed E-state index contributed by atoms with van der Waals surface area (Å²) in [7, 11) is 0. The van der Waals surface area contributed by atoms with E-state index in [1.807, 2.05) is 6.92 Å². The number of amides is 2. The number of ketones is 2. The van der Waals surface area contributed by atoms with Crippen molar-refractivity contribution in [3.05, 3.63) is 0 Å². The summed E-state index contributed by atoms with van der Waals surface area (Å²) < 4.78 is -0.344. The number of nitrogens with zero attached hydrogens (tertiary/aromatic N) is 1. The van der Waals surface area contributed by atoms with Crippen molar-refractivity contribution in [2.45, 2.75) is 80.5 Å². The summed E-state index contributed by atoms with van der Waals surface area (Å²) in [5.74, 6) is -0.541. The monoisotopic (exact) mass is 558 g/mol. The van der Waals surface area contributed by atoms with Gasteiger partial charge in [-0.15, -0.1) is 0 Å². The molecule has 2 amide bonds. The molecular formula is C23H32Br2N2O4. The van der Waals surface area contributed by atoms with Gasteiger partial charge in [-0.1, -0.05) is 70.9 Å². The second-order valence-corrected chi connectivity index (χ2v) is 13.8. The Morgan fingerprint density at radius 3 is 2.29 bits per heavy atom. The zero-order chi connectivity index (χ0) is 22.5. The largest absolute Gasteiger partial charge is 0.344 e. The second-order valence-electron chi connectivity index (χ2n) is 10.1. The Morgan fingerprint density at radius 2 is 1.71 bits per heavy atom. The number of piperidine rings is 1. The molecule has 0 radical (unpaired) electrons. The Bertz CT molecular complexity index is 776. The molecule has 1 N–H and O–H groups in total. The number of likely N-dealkylation sites (tertiary alicyclic amines) is 1. The van der Waals surface area contributed by atoms with Gasteiger partial charge in [0.25, 0.3) is 0 Å². The standard InChI is InChI=1S/C23H32Br2N2O4/c1-12(15-6-4-3-5-7-15)22(31)27-11-16-18(23(16,24)25)19(27)21(30)26-17(10-14-8-9-14)20(29)13(2)28/h12,14-19H,3-11H2,1-2H3,(H,26,30)/t12-,16-,17?,18-,19-/m0/s1. The summed E-state index contributed by atoms with van der Waals surface area (Å²) in [5, 5.41) is 2.86. The third-order valence-electron chi connectivity index (χ3n) is 7.88. The van der Waals surface area contributed by atoms with Crippen LogP contribution < -0.4 is 5.32 Å². The minimum absolute atomic E-state index is 0.0380. The molecule has 0 aromatic heterocycles. The molecule has 0 spiro atoms. The fourth-order valence-corrected chi connectivity index (χ4v) is 7.39. The van der Waals surface area contributed by atoms with Crippen molar-refractivity contribution in [1.82, 2.24) is 10.2 Å². The average molecular weight is 560 g/mol. The maximum absolute atomic E-state index is 13.4. The fourth-order valence-electron chi connectivity index (χ4n) is 5.65. The lowest BCUT2D eigenvalue weighted by Crippen LogP contribution is -2.55. The highest BCUT2D eigenvalue weighted by atomic mass is 79.9. The summed E-state index contributed by atoms with van der Waals surface area (Å²) in [6.45, 7) is 3.79. The second kappa shape index (κ2) is 8.88. The molecule has 6 nitrogen and oxygen atoms in total. The van der Waals surface area contributed by atoms with Crippen LogP contribution in [0.5, 0.6) is 0 Å². The molecule has 1 unspecified atom stereocenters. The molecule has 0 aromatic carbocycles. The summed E-state index contributed by atoms with van der Waals surface area (Å²) in [5.41, 5.74) is 0. The van der Waals surface area contributed by atoms with Gasteiger partial charge in [0.1, 0.15) is 6.04 Å². The molecule has 4 rings (SSSR count). The van der Waals surface area contributed by atoms with Crippen LogP contribution in [0.3, 0.4) is 0 Å². The first-order valence-electron chi connectivity index (χ1n) is 11.7. The van der Waals surface area contributed by atoms with Gasteiger partial charge < -0.3 is 10.2 Å². The van der Waals surface area contributed by atoms with E-state index in [1.165, 1.54) is 26.2 Å². The fraction of sp³-hybridized carbons (Fsp3) is 0.826. The van der Waals surface area contributed by atoms with Gasteiger partial charge in [-0.05, 0) is 31.1 Å². The molecule has 4 aliphatic rings. The van der Waals surface area contributed by atoms with E-state index in [4.69, 9.17) is 0 Å². The molecule has 1 aliphatic heterocycles. The molecule has 1 saturated heterocycles. The number of Topliss-reactive ketones (excluding diaryl/α,β-unsaturated/α-hetero) is 2. The molecule has 0 bridgehead atoms. The zero-order valence-electron chi connectivity index (χ0n) is 18.2. The number of nitrogens with one attached hydrogen (secondary N) is 1. The highest BCUT2D eigenvalue weighted by Gasteiger charge is 2.72. The lowest BCUT2D eigenvalue weighted by Gasteiger charge is -2.35. The van der Waals surface area contributed by atoms with Crippen molar-refractivity contribution >= 4 is 55.2 Å². The molecule has 4 fully saturated rings. The topological polar surface area (TPSA) is 83.6 Å². The number of fused-ring (bicyclic) bond motifs is 1. The SMILES string of the molecule is CC(=O)C(=O)C(CC1CC1)NC(=O)[C@@H]1[C@@H]2[C@H](CN1C(=O)[C@@H](C)C1CCCCC1)C2(Br)Br. The first-order valence-corrected chi connectivity index (χ1v) is 13.2. The highest BCUT2D eigenvalue weighted by Crippen LogP contribution is 2.67. The lowest BCUT2D eigenvalue weighted by molar-refractivity contribution is -0.145. The number of carbonyl (C=O) groups is 4. The van der Waals surface area contributed by atoms with Crippen molar-refractivity contribution in [2.75, 3.05) is 6.54 Å². The predicted molar refractivity (Wildman–Crippen MR) is 124 cm³/mol. The van der Waals surface area contributed by atoms with Gasteiger partial charge in [-0.2, -0.15) is 0 Å². The highest BCUT2D eigenvalue weighted by molar-refractivity contribution is 9.25. The normalized spacial score (nSPS) is 31.5. The van der Waals surface area contributed by atoms with Crippen molar-refractivity contribution in [1.29, 1.82) is 0 Å². The zero-order valence-corrected chi connectivity index (χ0v) is 21.4. The molecule has 3 saturated carbocycles. The Labute approximate surface area is 200 Å². The minimum Gasteiger partial charge on any atom is -0.344 e. The Hall–Kier alpha value is -0.760. The van der Waals surface area contributed by atoms with Crippen LogP contribution in [0, 0.1) is 29.6 Å².